The fourth-order valence-electron chi connectivity index (χ4n) is 3.04. The average Bonchev–Trinajstić information content (AvgIpc) is 2.63. The van der Waals surface area contributed by atoms with Crippen molar-refractivity contribution in [3.8, 4) is 0 Å². The molecule has 0 aromatic rings. The molecule has 0 spiro atoms. The lowest BCUT2D eigenvalue weighted by molar-refractivity contribution is -0.128. The zero-order valence-electron chi connectivity index (χ0n) is 13.3. The third-order valence-corrected chi connectivity index (χ3v) is 3.99. The van der Waals surface area contributed by atoms with E-state index in [9.17, 15) is 4.79 Å². The predicted octanol–water partition coefficient (Wildman–Crippen LogP) is 4.02. The Morgan fingerprint density at radius 2 is 1.79 bits per heavy atom. The molecule has 0 aromatic carbocycles. The molecule has 1 aliphatic rings. The molecule has 3 heteroatoms. The highest BCUT2D eigenvalue weighted by atomic mass is 16.2. The molecule has 1 amide bonds. The molecule has 0 bridgehead atoms. The van der Waals surface area contributed by atoms with Crippen molar-refractivity contribution >= 4 is 11.6 Å². The molecule has 0 saturated carbocycles. The molecule has 3 nitrogen and oxygen atoms in total. The van der Waals surface area contributed by atoms with Crippen molar-refractivity contribution in [2.24, 2.45) is 10.9 Å². The molecule has 1 aliphatic heterocycles. The van der Waals surface area contributed by atoms with Crippen LogP contribution in [0.1, 0.15) is 73.1 Å². The maximum atomic E-state index is 12.5. The number of hydrogen-bond donors (Lipinski definition) is 0. The van der Waals surface area contributed by atoms with Gasteiger partial charge in [-0.3, -0.25) is 9.79 Å². The van der Waals surface area contributed by atoms with E-state index in [0.717, 1.165) is 37.9 Å². The fourth-order valence-corrected chi connectivity index (χ4v) is 3.04. The second-order valence-corrected chi connectivity index (χ2v) is 5.89. The van der Waals surface area contributed by atoms with E-state index in [1.54, 1.807) is 0 Å². The summed E-state index contributed by atoms with van der Waals surface area (Å²) < 4.78 is 0. The van der Waals surface area contributed by atoms with E-state index in [2.05, 4.69) is 34.6 Å². The van der Waals surface area contributed by atoms with Crippen LogP contribution in [0.2, 0.25) is 0 Å². The van der Waals surface area contributed by atoms with Crippen LogP contribution in [0, 0.1) is 5.92 Å². The summed E-state index contributed by atoms with van der Waals surface area (Å²) in [6.45, 7) is 11.4. The van der Waals surface area contributed by atoms with Gasteiger partial charge in [0, 0.05) is 12.5 Å². The van der Waals surface area contributed by atoms with Gasteiger partial charge in [0.1, 0.15) is 11.4 Å². The number of rotatable bonds is 8. The summed E-state index contributed by atoms with van der Waals surface area (Å²) in [5.74, 6) is 0.397. The Hall–Kier alpha value is -0.860. The Bertz CT molecular complexity index is 336. The van der Waals surface area contributed by atoms with Gasteiger partial charge < -0.3 is 4.90 Å². The highest BCUT2D eigenvalue weighted by Crippen LogP contribution is 2.35. The summed E-state index contributed by atoms with van der Waals surface area (Å²) >= 11 is 0. The van der Waals surface area contributed by atoms with Crippen LogP contribution in [0.15, 0.2) is 4.99 Å². The summed E-state index contributed by atoms with van der Waals surface area (Å²) in [6.07, 6.45) is 6.68. The highest BCUT2D eigenvalue weighted by molar-refractivity contribution is 6.41. The van der Waals surface area contributed by atoms with Crippen molar-refractivity contribution in [3.63, 3.8) is 0 Å². The van der Waals surface area contributed by atoms with Gasteiger partial charge in [0.2, 0.25) is 0 Å². The molecular formula is C16H30N2O. The summed E-state index contributed by atoms with van der Waals surface area (Å²) in [5.41, 5.74) is 0.543. The van der Waals surface area contributed by atoms with E-state index in [0.29, 0.717) is 0 Å². The second kappa shape index (κ2) is 7.06. The standard InChI is InChI=1S/C16H30N2O/c1-6-9-10-12-16(11-7-2)17-14(13(4)5)15(19)18(16)8-3/h13H,6-12H2,1-5H3. The van der Waals surface area contributed by atoms with Crippen LogP contribution in [0.25, 0.3) is 0 Å². The van der Waals surface area contributed by atoms with Crippen LogP contribution in [-0.4, -0.2) is 28.7 Å². The predicted molar refractivity (Wildman–Crippen MR) is 81.4 cm³/mol. The molecule has 0 fully saturated rings. The van der Waals surface area contributed by atoms with Crippen molar-refractivity contribution in [2.45, 2.75) is 78.8 Å². The van der Waals surface area contributed by atoms with E-state index < -0.39 is 0 Å². The van der Waals surface area contributed by atoms with Crippen molar-refractivity contribution in [2.75, 3.05) is 6.54 Å². The van der Waals surface area contributed by atoms with Gasteiger partial charge in [0.15, 0.2) is 0 Å². The van der Waals surface area contributed by atoms with Gasteiger partial charge in [-0.05, 0) is 26.2 Å². The first-order valence-corrected chi connectivity index (χ1v) is 7.94. The van der Waals surface area contributed by atoms with E-state index in [-0.39, 0.29) is 17.5 Å². The van der Waals surface area contributed by atoms with Gasteiger partial charge >= 0.3 is 0 Å². The van der Waals surface area contributed by atoms with Crippen LogP contribution in [-0.2, 0) is 4.79 Å². The van der Waals surface area contributed by atoms with Crippen LogP contribution < -0.4 is 0 Å². The maximum absolute atomic E-state index is 12.5. The smallest absolute Gasteiger partial charge is 0.270 e. The van der Waals surface area contributed by atoms with Crippen LogP contribution in [0.3, 0.4) is 0 Å². The quantitative estimate of drug-likeness (QED) is 0.611. The zero-order valence-corrected chi connectivity index (χ0v) is 13.3. The molecule has 1 atom stereocenters. The van der Waals surface area contributed by atoms with Crippen molar-refractivity contribution in [1.82, 2.24) is 4.90 Å². The van der Waals surface area contributed by atoms with E-state index >= 15 is 0 Å². The number of carbonyl (C=O) groups is 1. The van der Waals surface area contributed by atoms with Crippen molar-refractivity contribution in [3.05, 3.63) is 0 Å². The van der Waals surface area contributed by atoms with Crippen LogP contribution in [0.4, 0.5) is 0 Å². The van der Waals surface area contributed by atoms with Crippen molar-refractivity contribution in [1.29, 1.82) is 0 Å². The molecule has 0 aromatic heterocycles. The second-order valence-electron chi connectivity index (χ2n) is 5.89. The van der Waals surface area contributed by atoms with Gasteiger partial charge in [-0.2, -0.15) is 0 Å². The molecule has 0 saturated heterocycles. The maximum Gasteiger partial charge on any atom is 0.270 e. The topological polar surface area (TPSA) is 32.7 Å². The Morgan fingerprint density at radius 3 is 2.26 bits per heavy atom. The number of amides is 1. The summed E-state index contributed by atoms with van der Waals surface area (Å²) in [4.78, 5) is 19.4. The molecule has 1 unspecified atom stereocenters. The lowest BCUT2D eigenvalue weighted by Crippen LogP contribution is -2.47. The van der Waals surface area contributed by atoms with Gasteiger partial charge in [0.05, 0.1) is 0 Å². The van der Waals surface area contributed by atoms with E-state index in [1.807, 2.05) is 4.90 Å². The molecule has 0 radical (unpaired) electrons. The first-order valence-electron chi connectivity index (χ1n) is 7.94. The van der Waals surface area contributed by atoms with Gasteiger partial charge in [-0.1, -0.05) is 47.0 Å². The van der Waals surface area contributed by atoms with Gasteiger partial charge in [-0.15, -0.1) is 0 Å². The average molecular weight is 266 g/mol. The Kier molecular flexibility index (Phi) is 6.02. The minimum absolute atomic E-state index is 0.169. The summed E-state index contributed by atoms with van der Waals surface area (Å²) in [6, 6.07) is 0. The van der Waals surface area contributed by atoms with Crippen LogP contribution >= 0.6 is 0 Å². The molecule has 1 heterocycles. The first-order chi connectivity index (χ1) is 9.02. The fraction of sp³-hybridized carbons (Fsp3) is 0.875. The monoisotopic (exact) mass is 266 g/mol. The molecule has 19 heavy (non-hydrogen) atoms. The Labute approximate surface area is 118 Å². The Morgan fingerprint density at radius 1 is 1.11 bits per heavy atom. The third kappa shape index (κ3) is 3.37. The lowest BCUT2D eigenvalue weighted by Gasteiger charge is -2.36. The molecule has 1 rings (SSSR count). The van der Waals surface area contributed by atoms with Crippen molar-refractivity contribution < 1.29 is 4.79 Å². The molecule has 0 aliphatic carbocycles. The first kappa shape index (κ1) is 16.2. The SMILES string of the molecule is CCCCCC1(CCC)N=C(C(C)C)C(=O)N1CC. The normalized spacial score (nSPS) is 23.4. The van der Waals surface area contributed by atoms with Gasteiger partial charge in [-0.25, -0.2) is 0 Å². The van der Waals surface area contributed by atoms with E-state index in [4.69, 9.17) is 4.99 Å². The molecule has 110 valence electrons. The zero-order chi connectivity index (χ0) is 14.5. The van der Waals surface area contributed by atoms with E-state index in [1.165, 1.54) is 12.8 Å². The summed E-state index contributed by atoms with van der Waals surface area (Å²) in [7, 11) is 0. The third-order valence-electron chi connectivity index (χ3n) is 3.99. The minimum Gasteiger partial charge on any atom is -0.313 e. The number of aliphatic imine (C=N–C) groups is 1. The number of unbranched alkanes of at least 4 members (excludes halogenated alkanes) is 2. The minimum atomic E-state index is -0.241. The largest absolute Gasteiger partial charge is 0.313 e. The summed E-state index contributed by atoms with van der Waals surface area (Å²) in [5, 5.41) is 0. The Balaban J connectivity index is 3.00. The van der Waals surface area contributed by atoms with Crippen LogP contribution in [0.5, 0.6) is 0 Å². The highest BCUT2D eigenvalue weighted by Gasteiger charge is 2.45. The molecule has 0 N–H and O–H groups in total. The lowest BCUT2D eigenvalue weighted by atomic mass is 9.96. The number of nitrogens with zero attached hydrogens (tertiary/aromatic N) is 2. The molecular weight excluding hydrogens is 236 g/mol. The number of hydrogen-bond acceptors (Lipinski definition) is 2. The number of carbonyl (C=O) groups excluding carboxylic acids is 1. The van der Waals surface area contributed by atoms with Gasteiger partial charge in [0.25, 0.3) is 5.91 Å².